The molecule has 0 amide bonds. The van der Waals surface area contributed by atoms with Gasteiger partial charge in [0.05, 0.1) is 0 Å². The summed E-state index contributed by atoms with van der Waals surface area (Å²) in [5.41, 5.74) is 2.45. The Morgan fingerprint density at radius 1 is 0.880 bits per heavy atom. The van der Waals surface area contributed by atoms with E-state index in [0.29, 0.717) is 12.2 Å². The maximum Gasteiger partial charge on any atom is 0.185 e. The zero-order valence-electron chi connectivity index (χ0n) is 13.6. The van der Waals surface area contributed by atoms with Crippen LogP contribution in [0.5, 0.6) is 11.5 Å². The third-order valence-electron chi connectivity index (χ3n) is 3.72. The summed E-state index contributed by atoms with van der Waals surface area (Å²) in [5, 5.41) is 9.29. The van der Waals surface area contributed by atoms with Gasteiger partial charge in [-0.1, -0.05) is 48.5 Å². The lowest BCUT2D eigenvalue weighted by Crippen LogP contribution is -1.97. The second-order valence-electron chi connectivity index (χ2n) is 5.56. The van der Waals surface area contributed by atoms with Crippen molar-refractivity contribution >= 4 is 11.9 Å². The fraction of sp³-hybridized carbons (Fsp3) is 0.0455. The average Bonchev–Trinajstić information content (AvgIpc) is 2.66. The van der Waals surface area contributed by atoms with E-state index >= 15 is 0 Å². The molecule has 1 N–H and O–H groups in total. The molecule has 0 bridgehead atoms. The molecular formula is C22H18O3. The van der Waals surface area contributed by atoms with E-state index in [2.05, 4.69) is 0 Å². The molecule has 3 heteroatoms. The predicted octanol–water partition coefficient (Wildman–Crippen LogP) is 4.87. The first kappa shape index (κ1) is 16.5. The number of phenols is 1. The molecule has 0 atom stereocenters. The molecule has 0 saturated heterocycles. The molecule has 0 aliphatic rings. The molecule has 0 spiro atoms. The molecule has 0 fully saturated rings. The first-order chi connectivity index (χ1) is 12.2. The van der Waals surface area contributed by atoms with Crippen molar-refractivity contribution in [1.82, 2.24) is 0 Å². The zero-order chi connectivity index (χ0) is 17.5. The highest BCUT2D eigenvalue weighted by Gasteiger charge is 2.04. The molecule has 3 nitrogen and oxygen atoms in total. The average molecular weight is 330 g/mol. The summed E-state index contributed by atoms with van der Waals surface area (Å²) in [5.74, 6) is 0.735. The molecule has 0 aromatic heterocycles. The molecule has 0 aliphatic heterocycles. The quantitative estimate of drug-likeness (QED) is 0.518. The number of ketones is 1. The van der Waals surface area contributed by atoms with Gasteiger partial charge >= 0.3 is 0 Å². The molecule has 25 heavy (non-hydrogen) atoms. The van der Waals surface area contributed by atoms with Crippen LogP contribution < -0.4 is 4.74 Å². The fourth-order valence-corrected chi connectivity index (χ4v) is 2.37. The van der Waals surface area contributed by atoms with E-state index in [1.807, 2.05) is 54.6 Å². The normalized spacial score (nSPS) is 10.7. The highest BCUT2D eigenvalue weighted by molar-refractivity contribution is 6.07. The minimum Gasteiger partial charge on any atom is -0.508 e. The monoisotopic (exact) mass is 330 g/mol. The van der Waals surface area contributed by atoms with Gasteiger partial charge in [-0.3, -0.25) is 4.79 Å². The van der Waals surface area contributed by atoms with E-state index in [4.69, 9.17) is 4.74 Å². The van der Waals surface area contributed by atoms with Gasteiger partial charge in [-0.05, 0) is 48.0 Å². The van der Waals surface area contributed by atoms with E-state index in [9.17, 15) is 9.90 Å². The van der Waals surface area contributed by atoms with Crippen LogP contribution in [0.2, 0.25) is 0 Å². The number of hydrogen-bond acceptors (Lipinski definition) is 3. The van der Waals surface area contributed by atoms with Crippen LogP contribution in [0.3, 0.4) is 0 Å². The van der Waals surface area contributed by atoms with Gasteiger partial charge in [0, 0.05) is 11.1 Å². The molecule has 0 aliphatic carbocycles. The van der Waals surface area contributed by atoms with Crippen molar-refractivity contribution in [3.8, 4) is 11.5 Å². The molecule has 124 valence electrons. The van der Waals surface area contributed by atoms with Crippen molar-refractivity contribution in [2.75, 3.05) is 0 Å². The minimum atomic E-state index is -0.127. The van der Waals surface area contributed by atoms with E-state index in [1.165, 1.54) is 18.2 Å². The maximum atomic E-state index is 12.2. The van der Waals surface area contributed by atoms with Crippen molar-refractivity contribution in [3.63, 3.8) is 0 Å². The second kappa shape index (κ2) is 7.97. The van der Waals surface area contributed by atoms with Crippen LogP contribution in [0.1, 0.15) is 21.5 Å². The van der Waals surface area contributed by atoms with Crippen molar-refractivity contribution in [3.05, 3.63) is 102 Å². The van der Waals surface area contributed by atoms with E-state index < -0.39 is 0 Å². The molecular weight excluding hydrogens is 312 g/mol. The lowest BCUT2D eigenvalue weighted by atomic mass is 10.1. The molecule has 0 unspecified atom stereocenters. The van der Waals surface area contributed by atoms with Crippen molar-refractivity contribution in [1.29, 1.82) is 0 Å². The number of benzene rings is 3. The number of carbonyl (C=O) groups excluding carboxylic acids is 1. The Hall–Kier alpha value is -3.33. The van der Waals surface area contributed by atoms with Crippen LogP contribution in [0, 0.1) is 0 Å². The molecule has 3 aromatic rings. The van der Waals surface area contributed by atoms with Gasteiger partial charge in [0.2, 0.25) is 0 Å². The van der Waals surface area contributed by atoms with Gasteiger partial charge in [0.1, 0.15) is 18.1 Å². The van der Waals surface area contributed by atoms with Crippen molar-refractivity contribution in [2.24, 2.45) is 0 Å². The smallest absolute Gasteiger partial charge is 0.185 e. The predicted molar refractivity (Wildman–Crippen MR) is 98.7 cm³/mol. The number of carbonyl (C=O) groups is 1. The number of allylic oxidation sites excluding steroid dienone is 1. The maximum absolute atomic E-state index is 12.2. The molecule has 3 aromatic carbocycles. The van der Waals surface area contributed by atoms with Gasteiger partial charge in [-0.2, -0.15) is 0 Å². The SMILES string of the molecule is O=C(/C=C/c1ccccc1OCc1ccccc1)c1ccc(O)cc1. The number of phenolic OH excluding ortho intramolecular Hbond substituents is 1. The fourth-order valence-electron chi connectivity index (χ4n) is 2.37. The Balaban J connectivity index is 1.72. The number of rotatable bonds is 6. The van der Waals surface area contributed by atoms with Crippen LogP contribution in [0.15, 0.2) is 84.9 Å². The van der Waals surface area contributed by atoms with Crippen LogP contribution in [-0.4, -0.2) is 10.9 Å². The van der Waals surface area contributed by atoms with Gasteiger partial charge in [-0.15, -0.1) is 0 Å². The first-order valence-electron chi connectivity index (χ1n) is 7.99. The van der Waals surface area contributed by atoms with Gasteiger partial charge in [0.25, 0.3) is 0 Å². The van der Waals surface area contributed by atoms with Crippen LogP contribution in [-0.2, 0) is 6.61 Å². The minimum absolute atomic E-state index is 0.127. The summed E-state index contributed by atoms with van der Waals surface area (Å²) in [7, 11) is 0. The standard InChI is InChI=1S/C22H18O3/c23-20-13-10-18(11-14-20)21(24)15-12-19-8-4-5-9-22(19)25-16-17-6-2-1-3-7-17/h1-15,23H,16H2/b15-12+. The summed E-state index contributed by atoms with van der Waals surface area (Å²) < 4.78 is 5.88. The summed E-state index contributed by atoms with van der Waals surface area (Å²) in [6.45, 7) is 0.470. The number of para-hydroxylation sites is 1. The van der Waals surface area contributed by atoms with Crippen molar-refractivity contribution in [2.45, 2.75) is 6.61 Å². The lowest BCUT2D eigenvalue weighted by Gasteiger charge is -2.09. The third kappa shape index (κ3) is 4.58. The Labute approximate surface area is 146 Å². The van der Waals surface area contributed by atoms with Gasteiger partial charge in [-0.25, -0.2) is 0 Å². The number of hydrogen-bond donors (Lipinski definition) is 1. The Bertz CT molecular complexity index is 865. The second-order valence-corrected chi connectivity index (χ2v) is 5.56. The van der Waals surface area contributed by atoms with Gasteiger partial charge in [0.15, 0.2) is 5.78 Å². The van der Waals surface area contributed by atoms with Crippen LogP contribution in [0.4, 0.5) is 0 Å². The van der Waals surface area contributed by atoms with Crippen molar-refractivity contribution < 1.29 is 14.6 Å². The summed E-state index contributed by atoms with van der Waals surface area (Å²) in [6, 6.07) is 23.7. The Morgan fingerprint density at radius 3 is 2.32 bits per heavy atom. The Kier molecular flexibility index (Phi) is 5.27. The number of aromatic hydroxyl groups is 1. The zero-order valence-corrected chi connectivity index (χ0v) is 13.6. The Morgan fingerprint density at radius 2 is 1.56 bits per heavy atom. The molecule has 0 radical (unpaired) electrons. The van der Waals surface area contributed by atoms with E-state index in [-0.39, 0.29) is 11.5 Å². The largest absolute Gasteiger partial charge is 0.508 e. The molecule has 3 rings (SSSR count). The highest BCUT2D eigenvalue weighted by atomic mass is 16.5. The summed E-state index contributed by atoms with van der Waals surface area (Å²) >= 11 is 0. The molecule has 0 heterocycles. The topological polar surface area (TPSA) is 46.5 Å². The first-order valence-corrected chi connectivity index (χ1v) is 7.99. The summed E-state index contributed by atoms with van der Waals surface area (Å²) in [4.78, 5) is 12.2. The third-order valence-corrected chi connectivity index (χ3v) is 3.72. The molecule has 0 saturated carbocycles. The van der Waals surface area contributed by atoms with Gasteiger partial charge < -0.3 is 9.84 Å². The van der Waals surface area contributed by atoms with E-state index in [1.54, 1.807) is 18.2 Å². The number of ether oxygens (including phenoxy) is 1. The van der Waals surface area contributed by atoms with Crippen LogP contribution >= 0.6 is 0 Å². The highest BCUT2D eigenvalue weighted by Crippen LogP contribution is 2.21. The lowest BCUT2D eigenvalue weighted by molar-refractivity contribution is 0.104. The van der Waals surface area contributed by atoms with Crippen LogP contribution in [0.25, 0.3) is 6.08 Å². The van der Waals surface area contributed by atoms with E-state index in [0.717, 1.165) is 16.9 Å². The summed E-state index contributed by atoms with van der Waals surface area (Å²) in [6.07, 6.45) is 3.26.